The van der Waals surface area contributed by atoms with E-state index in [2.05, 4.69) is 4.90 Å². The molecule has 23 heavy (non-hydrogen) atoms. The molecule has 1 aliphatic heterocycles. The summed E-state index contributed by atoms with van der Waals surface area (Å²) >= 11 is 0. The summed E-state index contributed by atoms with van der Waals surface area (Å²) in [4.78, 5) is 2.51. The zero-order valence-electron chi connectivity index (χ0n) is 14.5. The monoisotopic (exact) mass is 342 g/mol. The van der Waals surface area contributed by atoms with Gasteiger partial charge in [-0.15, -0.1) is 0 Å². The lowest BCUT2D eigenvalue weighted by Crippen LogP contribution is -3.00. The number of morpholine rings is 1. The molecule has 5 aliphatic rings. The van der Waals surface area contributed by atoms with Crippen molar-refractivity contribution in [3.8, 4) is 0 Å². The molecule has 0 unspecified atom stereocenters. The van der Waals surface area contributed by atoms with Gasteiger partial charge < -0.3 is 21.9 Å². The fourth-order valence-electron chi connectivity index (χ4n) is 6.20. The van der Waals surface area contributed by atoms with E-state index in [1.54, 1.807) is 19.3 Å². The number of halogens is 1. The minimum atomic E-state index is 0. The van der Waals surface area contributed by atoms with Crippen LogP contribution in [-0.4, -0.2) is 51.0 Å². The fourth-order valence-corrected chi connectivity index (χ4v) is 6.20. The molecule has 3 nitrogen and oxygen atoms in total. The summed E-state index contributed by atoms with van der Waals surface area (Å²) in [5, 5.41) is 0. The van der Waals surface area contributed by atoms with Crippen LogP contribution in [0.15, 0.2) is 0 Å². The van der Waals surface area contributed by atoms with E-state index in [0.717, 1.165) is 57.3 Å². The van der Waals surface area contributed by atoms with Gasteiger partial charge in [-0.3, -0.25) is 4.90 Å². The summed E-state index contributed by atoms with van der Waals surface area (Å²) in [7, 11) is 0. The number of rotatable bonds is 7. The molecule has 1 heterocycles. The van der Waals surface area contributed by atoms with Crippen molar-refractivity contribution in [2.45, 2.75) is 51.4 Å². The Morgan fingerprint density at radius 1 is 0.913 bits per heavy atom. The van der Waals surface area contributed by atoms with Gasteiger partial charge in [-0.2, -0.15) is 0 Å². The molecular formula is C19H33ClNO2-. The lowest BCUT2D eigenvalue weighted by atomic mass is 9.49. The third kappa shape index (κ3) is 4.42. The number of nitrogens with zero attached hydrogens (tertiary/aromatic N) is 1. The van der Waals surface area contributed by atoms with Gasteiger partial charge in [-0.1, -0.05) is 0 Å². The van der Waals surface area contributed by atoms with Crippen molar-refractivity contribution in [1.82, 2.24) is 4.90 Å². The first-order chi connectivity index (χ1) is 10.8. The summed E-state index contributed by atoms with van der Waals surface area (Å²) in [6.45, 7) is 7.17. The van der Waals surface area contributed by atoms with Crippen LogP contribution >= 0.6 is 0 Å². The van der Waals surface area contributed by atoms with Gasteiger partial charge >= 0.3 is 0 Å². The normalized spacial score (nSPS) is 39.4. The van der Waals surface area contributed by atoms with E-state index in [9.17, 15) is 0 Å². The highest BCUT2D eigenvalue weighted by Gasteiger charge is 2.50. The van der Waals surface area contributed by atoms with Gasteiger partial charge in [0, 0.05) is 32.8 Å². The number of hydrogen-bond acceptors (Lipinski definition) is 3. The van der Waals surface area contributed by atoms with E-state index in [4.69, 9.17) is 9.47 Å². The van der Waals surface area contributed by atoms with Crippen molar-refractivity contribution < 1.29 is 21.9 Å². The first-order valence-electron chi connectivity index (χ1n) is 9.69. The lowest BCUT2D eigenvalue weighted by Gasteiger charge is -2.57. The second-order valence-corrected chi connectivity index (χ2v) is 8.59. The second-order valence-electron chi connectivity index (χ2n) is 8.59. The van der Waals surface area contributed by atoms with Gasteiger partial charge in [0.2, 0.25) is 0 Å². The van der Waals surface area contributed by atoms with E-state index in [1.807, 2.05) is 0 Å². The third-order valence-electron chi connectivity index (χ3n) is 6.81. The molecule has 0 N–H and O–H groups in total. The molecule has 5 fully saturated rings. The summed E-state index contributed by atoms with van der Waals surface area (Å²) in [5.74, 6) is 3.23. The zero-order chi connectivity index (χ0) is 14.8. The van der Waals surface area contributed by atoms with Crippen molar-refractivity contribution in [2.24, 2.45) is 23.2 Å². The van der Waals surface area contributed by atoms with Crippen LogP contribution in [-0.2, 0) is 9.47 Å². The Bertz CT molecular complexity index is 335. The summed E-state index contributed by atoms with van der Waals surface area (Å²) in [6.07, 6.45) is 11.8. The average Bonchev–Trinajstić information content (AvgIpc) is 2.50. The predicted octanol–water partition coefficient (Wildman–Crippen LogP) is 0.336. The minimum absolute atomic E-state index is 0. The molecule has 0 amide bonds. The van der Waals surface area contributed by atoms with Gasteiger partial charge in [0.15, 0.2) is 0 Å². The van der Waals surface area contributed by atoms with Gasteiger partial charge in [-0.25, -0.2) is 0 Å². The molecule has 4 bridgehead atoms. The molecule has 4 aliphatic carbocycles. The Labute approximate surface area is 147 Å². The van der Waals surface area contributed by atoms with Crippen molar-refractivity contribution in [3.63, 3.8) is 0 Å². The fraction of sp³-hybridized carbons (Fsp3) is 1.00. The van der Waals surface area contributed by atoms with Crippen molar-refractivity contribution in [2.75, 3.05) is 46.1 Å². The van der Waals surface area contributed by atoms with Crippen LogP contribution in [0, 0.1) is 23.2 Å². The van der Waals surface area contributed by atoms with Crippen molar-refractivity contribution >= 4 is 0 Å². The Morgan fingerprint density at radius 3 is 2.13 bits per heavy atom. The molecule has 0 aromatic rings. The van der Waals surface area contributed by atoms with Crippen LogP contribution in [0.4, 0.5) is 0 Å². The molecule has 4 heteroatoms. The van der Waals surface area contributed by atoms with Crippen LogP contribution in [0.5, 0.6) is 0 Å². The Hall–Kier alpha value is 0.170. The maximum atomic E-state index is 6.01. The van der Waals surface area contributed by atoms with E-state index in [-0.39, 0.29) is 12.4 Å². The summed E-state index contributed by atoms with van der Waals surface area (Å²) in [6, 6.07) is 0. The molecule has 0 aromatic heterocycles. The first kappa shape index (κ1) is 18.0. The lowest BCUT2D eigenvalue weighted by molar-refractivity contribution is -0.0692. The maximum absolute atomic E-state index is 6.01. The molecule has 0 spiro atoms. The van der Waals surface area contributed by atoms with E-state index in [0.29, 0.717) is 5.41 Å². The summed E-state index contributed by atoms with van der Waals surface area (Å²) < 4.78 is 11.4. The Kier molecular flexibility index (Phi) is 6.28. The van der Waals surface area contributed by atoms with Crippen molar-refractivity contribution in [1.29, 1.82) is 0 Å². The van der Waals surface area contributed by atoms with Gasteiger partial charge in [0.1, 0.15) is 0 Å². The molecule has 0 atom stereocenters. The SMILES string of the molecule is C(COCCC12CC3CC(CC(C3)C1)C2)CN1CCOCC1.[Cl-]. The van der Waals surface area contributed by atoms with Crippen LogP contribution < -0.4 is 12.4 Å². The maximum Gasteiger partial charge on any atom is 0.0594 e. The summed E-state index contributed by atoms with van der Waals surface area (Å²) in [5.41, 5.74) is 0.693. The average molecular weight is 343 g/mol. The standard InChI is InChI=1S/C19H33NO2.ClH/c1(3-20-4-8-22-9-5-20)6-21-7-2-19-13-16-10-17(14-19)12-18(11-16)15-19;/h16-18H,1-15H2;1H/p-1. The number of ether oxygens (including phenoxy) is 2. The highest BCUT2D eigenvalue weighted by molar-refractivity contribution is 5.01. The van der Waals surface area contributed by atoms with Crippen LogP contribution in [0.1, 0.15) is 51.4 Å². The Morgan fingerprint density at radius 2 is 1.52 bits per heavy atom. The highest BCUT2D eigenvalue weighted by atomic mass is 35.5. The molecule has 1 saturated heterocycles. The van der Waals surface area contributed by atoms with Gasteiger partial charge in [0.05, 0.1) is 13.2 Å². The van der Waals surface area contributed by atoms with Crippen molar-refractivity contribution in [3.05, 3.63) is 0 Å². The van der Waals surface area contributed by atoms with E-state index in [1.165, 1.54) is 38.6 Å². The third-order valence-corrected chi connectivity index (χ3v) is 6.81. The highest BCUT2D eigenvalue weighted by Crippen LogP contribution is 2.61. The van der Waals surface area contributed by atoms with E-state index < -0.39 is 0 Å². The quantitative estimate of drug-likeness (QED) is 0.623. The molecule has 5 rings (SSSR count). The van der Waals surface area contributed by atoms with Gasteiger partial charge in [-0.05, 0) is 74.5 Å². The molecule has 0 aromatic carbocycles. The predicted molar refractivity (Wildman–Crippen MR) is 87.9 cm³/mol. The largest absolute Gasteiger partial charge is 1.00 e. The minimum Gasteiger partial charge on any atom is -1.00 e. The van der Waals surface area contributed by atoms with E-state index >= 15 is 0 Å². The van der Waals surface area contributed by atoms with Crippen LogP contribution in [0.3, 0.4) is 0 Å². The van der Waals surface area contributed by atoms with Gasteiger partial charge in [0.25, 0.3) is 0 Å². The number of hydrogen-bond donors (Lipinski definition) is 0. The first-order valence-corrected chi connectivity index (χ1v) is 9.69. The molecule has 134 valence electrons. The zero-order valence-corrected chi connectivity index (χ0v) is 15.2. The van der Waals surface area contributed by atoms with Crippen LogP contribution in [0.2, 0.25) is 0 Å². The smallest absolute Gasteiger partial charge is 0.0594 e. The second kappa shape index (κ2) is 8.03. The molecule has 0 radical (unpaired) electrons. The van der Waals surface area contributed by atoms with Crippen LogP contribution in [0.25, 0.3) is 0 Å². The molecule has 4 saturated carbocycles. The Balaban J connectivity index is 0.00000156. The molecular weight excluding hydrogens is 310 g/mol. The topological polar surface area (TPSA) is 21.7 Å².